The Labute approximate surface area is 182 Å². The Bertz CT molecular complexity index is 917. The lowest BCUT2D eigenvalue weighted by atomic mass is 9.72. The van der Waals surface area contributed by atoms with Crippen molar-refractivity contribution in [1.82, 2.24) is 16.2 Å². The highest BCUT2D eigenvalue weighted by Crippen LogP contribution is 2.35. The number of hydrazine groups is 1. The Morgan fingerprint density at radius 1 is 1.10 bits per heavy atom. The molecule has 0 aromatic heterocycles. The molecule has 1 saturated heterocycles. The van der Waals surface area contributed by atoms with Crippen molar-refractivity contribution in [2.24, 2.45) is 11.8 Å². The van der Waals surface area contributed by atoms with Gasteiger partial charge in [-0.25, -0.2) is 5.43 Å². The molecule has 158 valence electrons. The topological polar surface area (TPSA) is 70.2 Å². The molecule has 0 bridgehead atoms. The van der Waals surface area contributed by atoms with Crippen LogP contribution in [0.5, 0.6) is 0 Å². The molecule has 1 heterocycles. The monoisotopic (exact) mass is 425 g/mol. The lowest BCUT2D eigenvalue weighted by molar-refractivity contribution is -0.133. The van der Waals surface area contributed by atoms with Crippen molar-refractivity contribution < 1.29 is 9.59 Å². The third kappa shape index (κ3) is 4.85. The summed E-state index contributed by atoms with van der Waals surface area (Å²) >= 11 is 6.18. The van der Waals surface area contributed by atoms with Crippen LogP contribution in [0, 0.1) is 11.8 Å². The van der Waals surface area contributed by atoms with Crippen LogP contribution in [-0.2, 0) is 17.6 Å². The molecule has 2 fully saturated rings. The SMILES string of the molecule is O=C(NCCc1ccccc1Cl)c1cccc(CC2NNC(=O)C3CCCCC23)c1. The summed E-state index contributed by atoms with van der Waals surface area (Å²) in [6.45, 7) is 0.534. The second-order valence-electron chi connectivity index (χ2n) is 8.30. The minimum atomic E-state index is -0.0793. The van der Waals surface area contributed by atoms with Crippen molar-refractivity contribution in [3.05, 3.63) is 70.2 Å². The van der Waals surface area contributed by atoms with Crippen molar-refractivity contribution in [2.45, 2.75) is 44.6 Å². The van der Waals surface area contributed by atoms with Gasteiger partial charge >= 0.3 is 0 Å². The molecule has 3 unspecified atom stereocenters. The van der Waals surface area contributed by atoms with Crippen molar-refractivity contribution >= 4 is 23.4 Å². The van der Waals surface area contributed by atoms with Gasteiger partial charge in [-0.2, -0.15) is 0 Å². The van der Waals surface area contributed by atoms with Crippen LogP contribution in [0.25, 0.3) is 0 Å². The van der Waals surface area contributed by atoms with Gasteiger partial charge < -0.3 is 5.32 Å². The van der Waals surface area contributed by atoms with Gasteiger partial charge in [-0.1, -0.05) is 54.8 Å². The molecular formula is C24H28ClN3O2. The highest BCUT2D eigenvalue weighted by atomic mass is 35.5. The Hall–Kier alpha value is -2.37. The van der Waals surface area contributed by atoms with Crippen LogP contribution in [0.1, 0.15) is 47.2 Å². The summed E-state index contributed by atoms with van der Waals surface area (Å²) in [4.78, 5) is 24.8. The van der Waals surface area contributed by atoms with E-state index in [1.54, 1.807) is 0 Å². The van der Waals surface area contributed by atoms with E-state index in [-0.39, 0.29) is 23.8 Å². The van der Waals surface area contributed by atoms with E-state index >= 15 is 0 Å². The van der Waals surface area contributed by atoms with Gasteiger partial charge in [0.25, 0.3) is 5.91 Å². The second kappa shape index (κ2) is 9.63. The largest absolute Gasteiger partial charge is 0.352 e. The van der Waals surface area contributed by atoms with Crippen LogP contribution >= 0.6 is 11.6 Å². The minimum absolute atomic E-state index is 0.0793. The van der Waals surface area contributed by atoms with Crippen molar-refractivity contribution in [3.8, 4) is 0 Å². The van der Waals surface area contributed by atoms with Crippen molar-refractivity contribution in [2.75, 3.05) is 6.54 Å². The summed E-state index contributed by atoms with van der Waals surface area (Å²) in [5, 5.41) is 3.71. The first-order chi connectivity index (χ1) is 14.6. The minimum Gasteiger partial charge on any atom is -0.352 e. The average Bonchev–Trinajstić information content (AvgIpc) is 2.77. The molecule has 1 aliphatic carbocycles. The number of nitrogens with one attached hydrogen (secondary N) is 3. The molecule has 3 N–H and O–H groups in total. The summed E-state index contributed by atoms with van der Waals surface area (Å²) in [6, 6.07) is 15.7. The maximum Gasteiger partial charge on any atom is 0.251 e. The number of halogens is 1. The standard InChI is InChI=1S/C24H28ClN3O2/c25-21-11-4-1-7-17(21)12-13-26-23(29)18-8-5-6-16(14-18)15-22-19-9-2-3-10-20(19)24(30)28-27-22/h1,4-8,11,14,19-20,22,27H,2-3,9-10,12-13,15H2,(H,26,29)(H,28,30). The first kappa shape index (κ1) is 20.9. The first-order valence-electron chi connectivity index (χ1n) is 10.8. The Balaban J connectivity index is 1.36. The van der Waals surface area contributed by atoms with Gasteiger partial charge in [-0.15, -0.1) is 0 Å². The third-order valence-corrected chi connectivity index (χ3v) is 6.71. The van der Waals surface area contributed by atoms with E-state index in [0.717, 1.165) is 41.8 Å². The molecule has 5 nitrogen and oxygen atoms in total. The van der Waals surface area contributed by atoms with Gasteiger partial charge in [-0.3, -0.25) is 15.0 Å². The molecule has 2 amide bonds. The van der Waals surface area contributed by atoms with Gasteiger partial charge in [0.1, 0.15) is 0 Å². The number of carbonyl (C=O) groups is 2. The maximum absolute atomic E-state index is 12.6. The normalized spacial score (nSPS) is 23.4. The van der Waals surface area contributed by atoms with E-state index in [0.29, 0.717) is 24.4 Å². The van der Waals surface area contributed by atoms with Crippen LogP contribution in [-0.4, -0.2) is 24.4 Å². The number of benzene rings is 2. The molecule has 2 aromatic rings. The molecule has 1 aliphatic heterocycles. The average molecular weight is 426 g/mol. The Kier molecular flexibility index (Phi) is 6.70. The summed E-state index contributed by atoms with van der Waals surface area (Å²) in [7, 11) is 0. The zero-order valence-corrected chi connectivity index (χ0v) is 17.8. The zero-order chi connectivity index (χ0) is 20.9. The van der Waals surface area contributed by atoms with E-state index in [2.05, 4.69) is 22.2 Å². The highest BCUT2D eigenvalue weighted by Gasteiger charge is 2.39. The van der Waals surface area contributed by atoms with E-state index in [1.807, 2.05) is 42.5 Å². The lowest BCUT2D eigenvalue weighted by Crippen LogP contribution is -2.60. The zero-order valence-electron chi connectivity index (χ0n) is 17.0. The number of rotatable bonds is 6. The first-order valence-corrected chi connectivity index (χ1v) is 11.2. The quantitative estimate of drug-likeness (QED) is 0.661. The van der Waals surface area contributed by atoms with E-state index in [9.17, 15) is 9.59 Å². The number of hydrogen-bond donors (Lipinski definition) is 3. The van der Waals surface area contributed by atoms with Crippen molar-refractivity contribution in [1.29, 1.82) is 0 Å². The van der Waals surface area contributed by atoms with Crippen LogP contribution in [0.3, 0.4) is 0 Å². The van der Waals surface area contributed by atoms with Gasteiger partial charge in [-0.05, 0) is 60.9 Å². The van der Waals surface area contributed by atoms with E-state index < -0.39 is 0 Å². The van der Waals surface area contributed by atoms with Crippen molar-refractivity contribution in [3.63, 3.8) is 0 Å². The summed E-state index contributed by atoms with van der Waals surface area (Å²) in [5.74, 6) is 0.522. The van der Waals surface area contributed by atoms with Gasteiger partial charge in [0.2, 0.25) is 5.91 Å². The third-order valence-electron chi connectivity index (χ3n) is 6.34. The maximum atomic E-state index is 12.6. The Morgan fingerprint density at radius 2 is 1.93 bits per heavy atom. The van der Waals surface area contributed by atoms with Gasteiger partial charge in [0.15, 0.2) is 0 Å². The number of hydrogen-bond acceptors (Lipinski definition) is 3. The fourth-order valence-corrected chi connectivity index (χ4v) is 4.97. The number of amides is 2. The summed E-state index contributed by atoms with van der Waals surface area (Å²) < 4.78 is 0. The summed E-state index contributed by atoms with van der Waals surface area (Å²) in [6.07, 6.45) is 5.86. The summed E-state index contributed by atoms with van der Waals surface area (Å²) in [5.41, 5.74) is 8.86. The van der Waals surface area contributed by atoms with Gasteiger partial charge in [0.05, 0.1) is 0 Å². The van der Waals surface area contributed by atoms with E-state index in [4.69, 9.17) is 11.6 Å². The fraction of sp³-hybridized carbons (Fsp3) is 0.417. The lowest BCUT2D eigenvalue weighted by Gasteiger charge is -2.41. The number of fused-ring (bicyclic) bond motifs is 1. The van der Waals surface area contributed by atoms with Crippen LogP contribution in [0.2, 0.25) is 5.02 Å². The number of carbonyl (C=O) groups excluding carboxylic acids is 2. The predicted molar refractivity (Wildman–Crippen MR) is 118 cm³/mol. The fourth-order valence-electron chi connectivity index (χ4n) is 4.74. The smallest absolute Gasteiger partial charge is 0.251 e. The van der Waals surface area contributed by atoms with Gasteiger partial charge in [0, 0.05) is 29.1 Å². The van der Waals surface area contributed by atoms with Crippen LogP contribution in [0.4, 0.5) is 0 Å². The van der Waals surface area contributed by atoms with Crippen LogP contribution < -0.4 is 16.2 Å². The molecule has 3 atom stereocenters. The molecule has 0 spiro atoms. The molecule has 2 aliphatic rings. The molecule has 1 saturated carbocycles. The molecule has 6 heteroatoms. The molecule has 2 aromatic carbocycles. The predicted octanol–water partition coefficient (Wildman–Crippen LogP) is 3.66. The Morgan fingerprint density at radius 3 is 2.80 bits per heavy atom. The molecular weight excluding hydrogens is 398 g/mol. The molecule has 4 rings (SSSR count). The van der Waals surface area contributed by atoms with E-state index in [1.165, 1.54) is 6.42 Å². The highest BCUT2D eigenvalue weighted by molar-refractivity contribution is 6.31. The second-order valence-corrected chi connectivity index (χ2v) is 8.70. The molecule has 0 radical (unpaired) electrons. The van der Waals surface area contributed by atoms with Crippen LogP contribution in [0.15, 0.2) is 48.5 Å². The molecule has 30 heavy (non-hydrogen) atoms.